The number of sulfone groups is 1. The molecule has 1 aromatic carbocycles. The first kappa shape index (κ1) is 16.7. The fourth-order valence-corrected chi connectivity index (χ4v) is 4.38. The van der Waals surface area contributed by atoms with E-state index in [9.17, 15) is 13.2 Å². The zero-order valence-corrected chi connectivity index (χ0v) is 14.5. The molecule has 1 N–H and O–H groups in total. The number of benzene rings is 1. The first-order valence-corrected chi connectivity index (χ1v) is 9.22. The highest BCUT2D eigenvalue weighted by molar-refractivity contribution is 7.91. The van der Waals surface area contributed by atoms with Crippen molar-refractivity contribution in [2.45, 2.75) is 29.7 Å². The van der Waals surface area contributed by atoms with Gasteiger partial charge in [-0.05, 0) is 31.5 Å². The summed E-state index contributed by atoms with van der Waals surface area (Å²) < 4.78 is 26.0. The normalized spacial score (nSPS) is 11.8. The average Bonchev–Trinajstić information content (AvgIpc) is 3.03. The molecule has 24 heavy (non-hydrogen) atoms. The zero-order valence-electron chi connectivity index (χ0n) is 12.9. The number of halogens is 1. The molecule has 0 amide bonds. The maximum atomic E-state index is 13.0. The molecule has 0 aliphatic heterocycles. The molecule has 5 nitrogen and oxygen atoms in total. The Morgan fingerprint density at radius 3 is 2.58 bits per heavy atom. The third kappa shape index (κ3) is 2.83. The van der Waals surface area contributed by atoms with Crippen molar-refractivity contribution in [3.63, 3.8) is 0 Å². The highest BCUT2D eigenvalue weighted by atomic mass is 35.5. The molecule has 124 valence electrons. The largest absolute Gasteiger partial charge is 0.346 e. The summed E-state index contributed by atoms with van der Waals surface area (Å²) in [6.07, 6.45) is 2.78. The molecule has 7 heteroatoms. The van der Waals surface area contributed by atoms with Gasteiger partial charge in [0.25, 0.3) is 0 Å². The van der Waals surface area contributed by atoms with Crippen molar-refractivity contribution in [3.05, 3.63) is 52.7 Å². The minimum Gasteiger partial charge on any atom is -0.346 e. The summed E-state index contributed by atoms with van der Waals surface area (Å²) in [7, 11) is -3.84. The number of carbonyl (C=O) groups excluding carboxylic acids is 1. The fourth-order valence-electron chi connectivity index (χ4n) is 2.53. The molecular formula is C17H15ClN2O3S. The van der Waals surface area contributed by atoms with Crippen molar-refractivity contribution in [3.8, 4) is 0 Å². The molecule has 0 unspecified atom stereocenters. The zero-order chi connectivity index (χ0) is 17.3. The number of nitrogens with one attached hydrogen (secondary N) is 1. The Labute approximate surface area is 144 Å². The smallest absolute Gasteiger partial charge is 0.224 e. The Bertz CT molecular complexity index is 1010. The van der Waals surface area contributed by atoms with Gasteiger partial charge in [-0.2, -0.15) is 0 Å². The van der Waals surface area contributed by atoms with Gasteiger partial charge < -0.3 is 9.78 Å². The topological polar surface area (TPSA) is 79.9 Å². The van der Waals surface area contributed by atoms with Crippen LogP contribution < -0.4 is 0 Å². The third-order valence-corrected chi connectivity index (χ3v) is 5.97. The van der Waals surface area contributed by atoms with Crippen molar-refractivity contribution in [1.29, 1.82) is 0 Å². The average molecular weight is 363 g/mol. The van der Waals surface area contributed by atoms with Crippen LogP contribution in [0.1, 0.15) is 17.5 Å². The molecule has 0 aliphatic carbocycles. The number of pyridine rings is 1. The van der Waals surface area contributed by atoms with Crippen LogP contribution in [0, 0.1) is 6.92 Å². The van der Waals surface area contributed by atoms with Crippen LogP contribution >= 0.6 is 11.6 Å². The number of hydrogen-bond donors (Lipinski definition) is 1. The molecule has 2 aromatic heterocycles. The van der Waals surface area contributed by atoms with E-state index < -0.39 is 9.84 Å². The first-order valence-electron chi connectivity index (χ1n) is 7.36. The molecule has 0 aliphatic rings. The molecule has 2 heterocycles. The Morgan fingerprint density at radius 2 is 1.92 bits per heavy atom. The number of hydrogen-bond acceptors (Lipinski definition) is 4. The van der Waals surface area contributed by atoms with E-state index in [1.165, 1.54) is 0 Å². The second kappa shape index (κ2) is 6.37. The van der Waals surface area contributed by atoms with Crippen LogP contribution in [-0.2, 0) is 21.1 Å². The van der Waals surface area contributed by atoms with Crippen LogP contribution in [-0.4, -0.2) is 24.7 Å². The summed E-state index contributed by atoms with van der Waals surface area (Å²) in [5, 5.41) is 0.849. The number of aryl methyl sites for hydroxylation is 1. The Balaban J connectivity index is 2.26. The van der Waals surface area contributed by atoms with Crippen molar-refractivity contribution >= 4 is 38.8 Å². The van der Waals surface area contributed by atoms with E-state index >= 15 is 0 Å². The van der Waals surface area contributed by atoms with E-state index in [0.29, 0.717) is 21.6 Å². The lowest BCUT2D eigenvalue weighted by Gasteiger charge is -2.12. The van der Waals surface area contributed by atoms with Crippen molar-refractivity contribution in [1.82, 2.24) is 9.97 Å². The minimum absolute atomic E-state index is 0.104. The second-order valence-corrected chi connectivity index (χ2v) is 7.71. The summed E-state index contributed by atoms with van der Waals surface area (Å²) >= 11 is 6.40. The number of H-pyrrole nitrogens is 1. The summed E-state index contributed by atoms with van der Waals surface area (Å²) in [6.45, 7) is 1.88. The predicted octanol–water partition coefficient (Wildman–Crippen LogP) is 3.49. The monoisotopic (exact) mass is 362 g/mol. The molecule has 0 radical (unpaired) electrons. The van der Waals surface area contributed by atoms with Gasteiger partial charge in [-0.25, -0.2) is 13.4 Å². The minimum atomic E-state index is -3.84. The lowest BCUT2D eigenvalue weighted by Crippen LogP contribution is -2.10. The summed E-state index contributed by atoms with van der Waals surface area (Å²) in [4.78, 5) is 18.1. The molecule has 3 rings (SSSR count). The van der Waals surface area contributed by atoms with E-state index in [0.717, 1.165) is 11.8 Å². The van der Waals surface area contributed by atoms with Gasteiger partial charge in [0, 0.05) is 23.6 Å². The second-order valence-electron chi connectivity index (χ2n) is 5.47. The van der Waals surface area contributed by atoms with Crippen molar-refractivity contribution in [2.24, 2.45) is 0 Å². The Morgan fingerprint density at radius 1 is 1.21 bits per heavy atom. The molecule has 0 bridgehead atoms. The van der Waals surface area contributed by atoms with Crippen LogP contribution in [0.4, 0.5) is 0 Å². The SMILES string of the molecule is Cc1ccc(S(=O)(=O)c2nc3[nH]ccc3c(Cl)c2CCC=O)cc1. The van der Waals surface area contributed by atoms with Crippen LogP contribution in [0.15, 0.2) is 46.5 Å². The fraction of sp³-hybridized carbons (Fsp3) is 0.176. The standard InChI is InChI=1S/C17H15ClN2O3S/c1-11-4-6-12(7-5-11)24(22,23)17-14(3-2-10-21)15(18)13-8-9-19-16(13)20-17/h4-10H,2-3H2,1H3,(H,19,20). The van der Waals surface area contributed by atoms with E-state index in [1.807, 2.05) is 6.92 Å². The number of rotatable bonds is 5. The Kier molecular flexibility index (Phi) is 4.43. The molecule has 3 aromatic rings. The number of aromatic nitrogens is 2. The molecule has 0 fully saturated rings. The van der Waals surface area contributed by atoms with Gasteiger partial charge in [0.05, 0.1) is 9.92 Å². The van der Waals surface area contributed by atoms with Crippen LogP contribution in [0.2, 0.25) is 5.02 Å². The van der Waals surface area contributed by atoms with E-state index in [1.54, 1.807) is 36.5 Å². The first-order chi connectivity index (χ1) is 11.4. The molecule has 0 spiro atoms. The van der Waals surface area contributed by atoms with Gasteiger partial charge in [-0.3, -0.25) is 0 Å². The summed E-state index contributed by atoms with van der Waals surface area (Å²) in [5.41, 5.74) is 1.73. The summed E-state index contributed by atoms with van der Waals surface area (Å²) in [5.74, 6) is 0. The highest BCUT2D eigenvalue weighted by Crippen LogP contribution is 2.33. The number of carbonyl (C=O) groups is 1. The highest BCUT2D eigenvalue weighted by Gasteiger charge is 2.26. The van der Waals surface area contributed by atoms with Gasteiger partial charge in [-0.15, -0.1) is 0 Å². The van der Waals surface area contributed by atoms with E-state index in [4.69, 9.17) is 11.6 Å². The molecule has 0 atom stereocenters. The van der Waals surface area contributed by atoms with Crippen LogP contribution in [0.25, 0.3) is 11.0 Å². The van der Waals surface area contributed by atoms with Crippen molar-refractivity contribution in [2.75, 3.05) is 0 Å². The van der Waals surface area contributed by atoms with Crippen LogP contribution in [0.3, 0.4) is 0 Å². The van der Waals surface area contributed by atoms with Crippen LogP contribution in [0.5, 0.6) is 0 Å². The predicted molar refractivity (Wildman–Crippen MR) is 92.1 cm³/mol. The number of aromatic amines is 1. The number of nitrogens with zero attached hydrogens (tertiary/aromatic N) is 1. The summed E-state index contributed by atoms with van der Waals surface area (Å²) in [6, 6.07) is 8.28. The van der Waals surface area contributed by atoms with Gasteiger partial charge in [0.2, 0.25) is 9.84 Å². The molecular weight excluding hydrogens is 348 g/mol. The molecule has 0 saturated carbocycles. The maximum absolute atomic E-state index is 13.0. The van der Waals surface area contributed by atoms with Gasteiger partial charge in [0.15, 0.2) is 5.03 Å². The van der Waals surface area contributed by atoms with E-state index in [-0.39, 0.29) is 22.8 Å². The maximum Gasteiger partial charge on any atom is 0.224 e. The van der Waals surface area contributed by atoms with E-state index in [2.05, 4.69) is 9.97 Å². The lowest BCUT2D eigenvalue weighted by molar-refractivity contribution is -0.107. The molecule has 0 saturated heterocycles. The van der Waals surface area contributed by atoms with Gasteiger partial charge in [0.1, 0.15) is 11.9 Å². The number of fused-ring (bicyclic) bond motifs is 1. The quantitative estimate of drug-likeness (QED) is 0.704. The van der Waals surface area contributed by atoms with Gasteiger partial charge in [-0.1, -0.05) is 29.3 Å². The Hall–Kier alpha value is -2.18. The third-order valence-electron chi connectivity index (χ3n) is 3.80. The number of aldehydes is 1. The van der Waals surface area contributed by atoms with Crippen molar-refractivity contribution < 1.29 is 13.2 Å². The van der Waals surface area contributed by atoms with Gasteiger partial charge >= 0.3 is 0 Å². The lowest BCUT2D eigenvalue weighted by atomic mass is 10.1.